The van der Waals surface area contributed by atoms with E-state index in [-0.39, 0.29) is 35.7 Å². The van der Waals surface area contributed by atoms with Crippen molar-refractivity contribution in [3.05, 3.63) is 95.1 Å². The molecule has 6 heteroatoms. The highest BCUT2D eigenvalue weighted by Crippen LogP contribution is 2.45. The molecular weight excluding hydrogens is 885 g/mol. The Morgan fingerprint density at radius 1 is 0.306 bits per heavy atom. The minimum atomic E-state index is -0.295. The number of rotatable bonds is 38. The van der Waals surface area contributed by atoms with E-state index in [1.165, 1.54) is 128 Å². The molecule has 2 heterocycles. The van der Waals surface area contributed by atoms with Gasteiger partial charge in [0.05, 0.1) is 5.56 Å². The normalized spacial score (nSPS) is 14.3. The van der Waals surface area contributed by atoms with Crippen LogP contribution in [0.25, 0.3) is 33.0 Å². The first kappa shape index (κ1) is 56.7. The zero-order valence-electron chi connectivity index (χ0n) is 45.7. The zero-order valence-corrected chi connectivity index (χ0v) is 45.7. The second-order valence-corrected chi connectivity index (χ2v) is 21.8. The third-order valence-corrected chi connectivity index (χ3v) is 16.1. The monoisotopic (exact) mass is 979 g/mol. The van der Waals surface area contributed by atoms with Gasteiger partial charge in [-0.1, -0.05) is 269 Å². The molecule has 0 N–H and O–H groups in total. The van der Waals surface area contributed by atoms with Crippen molar-refractivity contribution >= 4 is 34.4 Å². The van der Waals surface area contributed by atoms with Gasteiger partial charge in [0, 0.05) is 39.5 Å². The number of nitrogens with zero attached hydrogens (tertiary/aromatic N) is 2. The van der Waals surface area contributed by atoms with E-state index < -0.39 is 0 Å². The molecule has 2 aliphatic rings. The SMILES string of the molecule is CCCCCCCCCCCC(CCCCCCCC)N1C(=O)c2ccc3c4c(c(-c5cccc(-c6ccccc6)c5)cc(c24)C1=O)C(=O)N(C(CCCCCCCC)CCCCCCCCCCC)C3=O. The van der Waals surface area contributed by atoms with Gasteiger partial charge in [-0.15, -0.1) is 0 Å². The molecule has 0 saturated carbocycles. The maximum atomic E-state index is 15.7. The molecule has 0 radical (unpaired) electrons. The largest absolute Gasteiger partial charge is 0.271 e. The van der Waals surface area contributed by atoms with Crippen LogP contribution in [0.2, 0.25) is 0 Å². The minimum Gasteiger partial charge on any atom is -0.271 e. The number of imide groups is 2. The summed E-state index contributed by atoms with van der Waals surface area (Å²) >= 11 is 0. The Balaban J connectivity index is 1.37. The molecule has 392 valence electrons. The molecule has 0 saturated heterocycles. The molecule has 6 rings (SSSR count). The standard InChI is InChI=1S/C66H94N2O4/c1-5-9-13-17-21-23-25-29-36-44-54(43-34-27-19-15-11-7-3)67-63(69)56-47-48-57-61-60(56)59(65(67)71)50-58(53-42-38-41-52(49-53)51-39-32-31-33-40-51)62(61)66(72)68(64(57)70)55(45-35-28-20-16-12-8-4)46-37-30-26-24-22-18-14-10-6-2/h31-33,38-42,47-50,54-55H,5-30,34-37,43-46H2,1-4H3. The summed E-state index contributed by atoms with van der Waals surface area (Å²) in [5.41, 5.74) is 5.29. The van der Waals surface area contributed by atoms with E-state index in [0.29, 0.717) is 38.6 Å². The fourth-order valence-electron chi connectivity index (χ4n) is 11.9. The van der Waals surface area contributed by atoms with Gasteiger partial charge in [0.2, 0.25) is 0 Å². The van der Waals surface area contributed by atoms with E-state index >= 15 is 19.2 Å². The average molecular weight is 979 g/mol. The summed E-state index contributed by atoms with van der Waals surface area (Å²) in [6, 6.07) is 23.6. The van der Waals surface area contributed by atoms with Crippen LogP contribution in [-0.4, -0.2) is 45.5 Å². The van der Waals surface area contributed by atoms with E-state index in [9.17, 15) is 0 Å². The van der Waals surface area contributed by atoms with Crippen molar-refractivity contribution in [3.8, 4) is 22.3 Å². The predicted molar refractivity (Wildman–Crippen MR) is 303 cm³/mol. The lowest BCUT2D eigenvalue weighted by Gasteiger charge is -2.38. The van der Waals surface area contributed by atoms with E-state index in [1.54, 1.807) is 15.9 Å². The number of benzene rings is 4. The number of carbonyl (C=O) groups is 4. The average Bonchev–Trinajstić information content (AvgIpc) is 3.40. The lowest BCUT2D eigenvalue weighted by atomic mass is 9.80. The van der Waals surface area contributed by atoms with Crippen molar-refractivity contribution in [2.45, 2.75) is 258 Å². The molecule has 4 aromatic rings. The maximum Gasteiger partial charge on any atom is 0.262 e. The highest BCUT2D eigenvalue weighted by molar-refractivity contribution is 6.35. The van der Waals surface area contributed by atoms with Gasteiger partial charge in [-0.25, -0.2) is 0 Å². The molecule has 0 fully saturated rings. The first-order valence-electron chi connectivity index (χ1n) is 29.9. The summed E-state index contributed by atoms with van der Waals surface area (Å²) in [6.45, 7) is 9.00. The van der Waals surface area contributed by atoms with Crippen LogP contribution in [-0.2, 0) is 0 Å². The molecule has 0 aliphatic carbocycles. The Hall–Kier alpha value is -4.58. The van der Waals surface area contributed by atoms with Crippen LogP contribution in [0.5, 0.6) is 0 Å². The number of hydrogen-bond acceptors (Lipinski definition) is 4. The third-order valence-electron chi connectivity index (χ3n) is 16.1. The summed E-state index contributed by atoms with van der Waals surface area (Å²) in [6.07, 6.45) is 38.6. The second kappa shape index (κ2) is 31.2. The summed E-state index contributed by atoms with van der Waals surface area (Å²) in [5.74, 6) is -1.17. The second-order valence-electron chi connectivity index (χ2n) is 21.8. The van der Waals surface area contributed by atoms with Crippen LogP contribution < -0.4 is 0 Å². The number of hydrogen-bond donors (Lipinski definition) is 0. The molecule has 2 aliphatic heterocycles. The van der Waals surface area contributed by atoms with Crippen LogP contribution in [0, 0.1) is 0 Å². The van der Waals surface area contributed by atoms with Gasteiger partial charge in [-0.05, 0) is 72.2 Å². The lowest BCUT2D eigenvalue weighted by molar-refractivity contribution is 0.0495. The van der Waals surface area contributed by atoms with Gasteiger partial charge < -0.3 is 0 Å². The fraction of sp³-hybridized carbons (Fsp3) is 0.606. The maximum absolute atomic E-state index is 15.7. The van der Waals surface area contributed by atoms with Crippen LogP contribution in [0.1, 0.15) is 287 Å². The Labute approximate surface area is 436 Å². The van der Waals surface area contributed by atoms with Gasteiger partial charge in [-0.2, -0.15) is 0 Å². The van der Waals surface area contributed by atoms with Gasteiger partial charge >= 0.3 is 0 Å². The van der Waals surface area contributed by atoms with E-state index in [1.807, 2.05) is 42.5 Å². The molecule has 0 aromatic heterocycles. The van der Waals surface area contributed by atoms with Gasteiger partial charge in [0.1, 0.15) is 0 Å². The summed E-state index contributed by atoms with van der Waals surface area (Å²) < 4.78 is 0. The summed E-state index contributed by atoms with van der Waals surface area (Å²) in [4.78, 5) is 64.7. The van der Waals surface area contributed by atoms with Crippen molar-refractivity contribution in [3.63, 3.8) is 0 Å². The third kappa shape index (κ3) is 15.5. The van der Waals surface area contributed by atoms with Crippen LogP contribution >= 0.6 is 0 Å². The van der Waals surface area contributed by atoms with Crippen molar-refractivity contribution < 1.29 is 19.2 Å². The highest BCUT2D eigenvalue weighted by atomic mass is 16.2. The number of unbranched alkanes of at least 4 members (excludes halogenated alkanes) is 26. The number of amides is 4. The Bertz CT molecular complexity index is 2300. The Morgan fingerprint density at radius 3 is 1.08 bits per heavy atom. The zero-order chi connectivity index (χ0) is 50.9. The quantitative estimate of drug-likeness (QED) is 0.0331. The van der Waals surface area contributed by atoms with Crippen molar-refractivity contribution in [2.24, 2.45) is 0 Å². The first-order valence-corrected chi connectivity index (χ1v) is 29.9. The van der Waals surface area contributed by atoms with E-state index in [2.05, 4.69) is 52.0 Å². The molecule has 2 atom stereocenters. The lowest BCUT2D eigenvalue weighted by Crippen LogP contribution is -2.49. The van der Waals surface area contributed by atoms with Gasteiger partial charge in [-0.3, -0.25) is 29.0 Å². The summed E-state index contributed by atoms with van der Waals surface area (Å²) in [7, 11) is 0. The molecule has 2 unspecified atom stereocenters. The van der Waals surface area contributed by atoms with E-state index in [0.717, 1.165) is 107 Å². The number of carbonyl (C=O) groups excluding carboxylic acids is 4. The van der Waals surface area contributed by atoms with Crippen molar-refractivity contribution in [2.75, 3.05) is 0 Å². The Kier molecular flexibility index (Phi) is 24.6. The van der Waals surface area contributed by atoms with Crippen LogP contribution in [0.15, 0.2) is 72.8 Å². The molecule has 0 spiro atoms. The molecule has 4 amide bonds. The van der Waals surface area contributed by atoms with E-state index in [4.69, 9.17) is 0 Å². The predicted octanol–water partition coefficient (Wildman–Crippen LogP) is 19.4. The topological polar surface area (TPSA) is 74.8 Å². The molecule has 72 heavy (non-hydrogen) atoms. The molecule has 4 aromatic carbocycles. The van der Waals surface area contributed by atoms with Crippen molar-refractivity contribution in [1.29, 1.82) is 0 Å². The smallest absolute Gasteiger partial charge is 0.262 e. The minimum absolute atomic E-state index is 0.219. The first-order chi connectivity index (χ1) is 35.4. The summed E-state index contributed by atoms with van der Waals surface area (Å²) in [5, 5.41) is 0.955. The Morgan fingerprint density at radius 2 is 0.653 bits per heavy atom. The van der Waals surface area contributed by atoms with Crippen molar-refractivity contribution in [1.82, 2.24) is 9.80 Å². The van der Waals surface area contributed by atoms with Crippen LogP contribution in [0.4, 0.5) is 0 Å². The molecular formula is C66H94N2O4. The van der Waals surface area contributed by atoms with Gasteiger partial charge in [0.15, 0.2) is 0 Å². The molecule has 6 nitrogen and oxygen atoms in total. The fourth-order valence-corrected chi connectivity index (χ4v) is 11.9. The molecule has 0 bridgehead atoms. The van der Waals surface area contributed by atoms with Crippen LogP contribution in [0.3, 0.4) is 0 Å². The highest BCUT2D eigenvalue weighted by Gasteiger charge is 2.44. The van der Waals surface area contributed by atoms with Gasteiger partial charge in [0.25, 0.3) is 23.6 Å².